The molecule has 1 heteroatoms. The maximum Gasteiger partial charge on any atom is 0.0322 e. The van der Waals surface area contributed by atoms with Gasteiger partial charge in [-0.05, 0) is 40.3 Å². The quantitative estimate of drug-likeness (QED) is 0.691. The van der Waals surface area contributed by atoms with E-state index in [9.17, 15) is 0 Å². The Hall–Kier alpha value is -0.820. The van der Waals surface area contributed by atoms with Crippen LogP contribution in [0.5, 0.6) is 0 Å². The molecule has 1 atom stereocenters. The molecule has 0 aliphatic rings. The molecule has 0 saturated carbocycles. The van der Waals surface area contributed by atoms with Crippen molar-refractivity contribution in [2.24, 2.45) is 0 Å². The van der Waals surface area contributed by atoms with E-state index in [1.807, 2.05) is 0 Å². The fraction of sp³-hybridized carbons (Fsp3) is 0.538. The lowest BCUT2D eigenvalue weighted by atomic mass is 10.0. The molecule has 0 fully saturated rings. The number of hydrogen-bond acceptors (Lipinski definition) is 1. The highest BCUT2D eigenvalue weighted by atomic mass is 15.2. The summed E-state index contributed by atoms with van der Waals surface area (Å²) in [6, 6.07) is 11.1. The van der Waals surface area contributed by atoms with E-state index in [-0.39, 0.29) is 5.54 Å². The lowest BCUT2D eigenvalue weighted by Gasteiger charge is -2.37. The molecule has 0 saturated heterocycles. The molecule has 0 radical (unpaired) electrons. The molecule has 78 valence electrons. The first-order valence-corrected chi connectivity index (χ1v) is 5.21. The van der Waals surface area contributed by atoms with Crippen LogP contribution in [0.25, 0.3) is 0 Å². The summed E-state index contributed by atoms with van der Waals surface area (Å²) in [6.45, 7) is 8.98. The zero-order valence-electron chi connectivity index (χ0n) is 9.91. The van der Waals surface area contributed by atoms with Gasteiger partial charge in [0.05, 0.1) is 0 Å². The average molecular weight is 191 g/mol. The van der Waals surface area contributed by atoms with Crippen LogP contribution in [0, 0.1) is 0 Å². The van der Waals surface area contributed by atoms with Crippen LogP contribution < -0.4 is 0 Å². The molecule has 1 nitrogen and oxygen atoms in total. The van der Waals surface area contributed by atoms with E-state index in [1.54, 1.807) is 0 Å². The van der Waals surface area contributed by atoms with Crippen molar-refractivity contribution in [3.8, 4) is 0 Å². The highest BCUT2D eigenvalue weighted by Gasteiger charge is 2.22. The highest BCUT2D eigenvalue weighted by molar-refractivity contribution is 5.18. The number of benzene rings is 1. The zero-order valence-corrected chi connectivity index (χ0v) is 9.91. The van der Waals surface area contributed by atoms with Gasteiger partial charge in [-0.2, -0.15) is 0 Å². The molecular weight excluding hydrogens is 170 g/mol. The average Bonchev–Trinajstić information content (AvgIpc) is 2.15. The summed E-state index contributed by atoms with van der Waals surface area (Å²) < 4.78 is 0. The topological polar surface area (TPSA) is 3.24 Å². The van der Waals surface area contributed by atoms with Crippen LogP contribution in [0.15, 0.2) is 30.3 Å². The van der Waals surface area contributed by atoms with Crippen LogP contribution in [-0.2, 0) is 0 Å². The van der Waals surface area contributed by atoms with Gasteiger partial charge in [0.25, 0.3) is 0 Å². The summed E-state index contributed by atoms with van der Waals surface area (Å²) in [6.07, 6.45) is 0. The molecule has 0 aromatic heterocycles. The van der Waals surface area contributed by atoms with Gasteiger partial charge in [0.15, 0.2) is 0 Å². The molecule has 1 aromatic rings. The van der Waals surface area contributed by atoms with E-state index < -0.39 is 0 Å². The molecule has 1 rings (SSSR count). The Kier molecular flexibility index (Phi) is 3.33. The first-order valence-electron chi connectivity index (χ1n) is 5.21. The summed E-state index contributed by atoms with van der Waals surface area (Å²) in [5.41, 5.74) is 1.60. The second kappa shape index (κ2) is 4.14. The van der Waals surface area contributed by atoms with Gasteiger partial charge in [0.2, 0.25) is 0 Å². The Balaban J connectivity index is 2.81. The van der Waals surface area contributed by atoms with Crippen molar-refractivity contribution in [2.45, 2.75) is 39.3 Å². The fourth-order valence-corrected chi connectivity index (χ4v) is 1.54. The first kappa shape index (κ1) is 11.3. The molecule has 0 N–H and O–H groups in total. The van der Waals surface area contributed by atoms with E-state index in [4.69, 9.17) is 0 Å². The molecule has 0 spiro atoms. The summed E-state index contributed by atoms with van der Waals surface area (Å²) in [5, 5.41) is 0. The summed E-state index contributed by atoms with van der Waals surface area (Å²) in [5.74, 6) is 0. The van der Waals surface area contributed by atoms with E-state index >= 15 is 0 Å². The highest BCUT2D eigenvalue weighted by Crippen LogP contribution is 2.25. The Morgan fingerprint density at radius 2 is 1.57 bits per heavy atom. The van der Waals surface area contributed by atoms with Gasteiger partial charge in [-0.3, -0.25) is 4.90 Å². The summed E-state index contributed by atoms with van der Waals surface area (Å²) in [4.78, 5) is 2.39. The normalized spacial score (nSPS) is 14.4. The van der Waals surface area contributed by atoms with Crippen LogP contribution in [0.3, 0.4) is 0 Å². The van der Waals surface area contributed by atoms with E-state index in [1.165, 1.54) is 5.56 Å². The van der Waals surface area contributed by atoms with Gasteiger partial charge < -0.3 is 0 Å². The lowest BCUT2D eigenvalue weighted by molar-refractivity contribution is 0.126. The van der Waals surface area contributed by atoms with Gasteiger partial charge in [-0.25, -0.2) is 0 Å². The molecule has 0 bridgehead atoms. The van der Waals surface area contributed by atoms with E-state index in [2.05, 4.69) is 70.0 Å². The smallest absolute Gasteiger partial charge is 0.0322 e. The molecule has 0 unspecified atom stereocenters. The first-order chi connectivity index (χ1) is 6.43. The van der Waals surface area contributed by atoms with Crippen molar-refractivity contribution >= 4 is 0 Å². The summed E-state index contributed by atoms with van der Waals surface area (Å²) >= 11 is 0. The number of rotatable bonds is 2. The lowest BCUT2D eigenvalue weighted by Crippen LogP contribution is -2.39. The Labute approximate surface area is 87.7 Å². The Morgan fingerprint density at radius 1 is 1.07 bits per heavy atom. The van der Waals surface area contributed by atoms with Crippen molar-refractivity contribution in [2.75, 3.05) is 7.05 Å². The predicted molar refractivity (Wildman–Crippen MR) is 62.4 cm³/mol. The fourth-order valence-electron chi connectivity index (χ4n) is 1.54. The monoisotopic (exact) mass is 191 g/mol. The zero-order chi connectivity index (χ0) is 10.8. The number of hydrogen-bond donors (Lipinski definition) is 0. The molecule has 0 aliphatic heterocycles. The molecule has 1 aromatic carbocycles. The minimum absolute atomic E-state index is 0.218. The van der Waals surface area contributed by atoms with Crippen molar-refractivity contribution < 1.29 is 0 Å². The summed E-state index contributed by atoms with van der Waals surface area (Å²) in [7, 11) is 2.18. The van der Waals surface area contributed by atoms with Crippen molar-refractivity contribution in [1.82, 2.24) is 4.90 Å². The van der Waals surface area contributed by atoms with Gasteiger partial charge in [-0.1, -0.05) is 30.3 Å². The van der Waals surface area contributed by atoms with Gasteiger partial charge >= 0.3 is 0 Å². The van der Waals surface area contributed by atoms with Crippen LogP contribution >= 0.6 is 0 Å². The maximum atomic E-state index is 2.39. The number of nitrogens with zero attached hydrogens (tertiary/aromatic N) is 1. The molecule has 0 aliphatic carbocycles. The van der Waals surface area contributed by atoms with Crippen molar-refractivity contribution in [3.05, 3.63) is 35.9 Å². The van der Waals surface area contributed by atoms with Crippen LogP contribution in [0.4, 0.5) is 0 Å². The van der Waals surface area contributed by atoms with Gasteiger partial charge in [-0.15, -0.1) is 0 Å². The van der Waals surface area contributed by atoms with Gasteiger partial charge in [0, 0.05) is 11.6 Å². The second-order valence-corrected chi connectivity index (χ2v) is 4.87. The molecule has 0 heterocycles. The third kappa shape index (κ3) is 2.58. The third-order valence-corrected chi connectivity index (χ3v) is 2.92. The van der Waals surface area contributed by atoms with E-state index in [0.29, 0.717) is 6.04 Å². The van der Waals surface area contributed by atoms with Gasteiger partial charge in [0.1, 0.15) is 0 Å². The standard InChI is InChI=1S/C13H21N/c1-11(14(5)13(2,3)4)12-9-7-6-8-10-12/h6-11H,1-5H3/t11-/m0/s1. The second-order valence-electron chi connectivity index (χ2n) is 4.87. The Morgan fingerprint density at radius 3 is 2.00 bits per heavy atom. The third-order valence-electron chi connectivity index (χ3n) is 2.92. The molecule has 0 amide bonds. The van der Waals surface area contributed by atoms with E-state index in [0.717, 1.165) is 0 Å². The van der Waals surface area contributed by atoms with Crippen LogP contribution in [-0.4, -0.2) is 17.5 Å². The van der Waals surface area contributed by atoms with Crippen molar-refractivity contribution in [3.63, 3.8) is 0 Å². The largest absolute Gasteiger partial charge is 0.295 e. The SMILES string of the molecule is C[C@@H](c1ccccc1)N(C)C(C)(C)C. The predicted octanol–water partition coefficient (Wildman–Crippen LogP) is 3.48. The van der Waals surface area contributed by atoms with Crippen molar-refractivity contribution in [1.29, 1.82) is 0 Å². The Bertz CT molecular complexity index is 271. The minimum Gasteiger partial charge on any atom is -0.295 e. The molecular formula is C13H21N. The van der Waals surface area contributed by atoms with Crippen LogP contribution in [0.1, 0.15) is 39.3 Å². The molecule has 14 heavy (non-hydrogen) atoms. The minimum atomic E-state index is 0.218. The maximum absolute atomic E-state index is 2.39. The van der Waals surface area contributed by atoms with Crippen LogP contribution in [0.2, 0.25) is 0 Å².